The lowest BCUT2D eigenvalue weighted by molar-refractivity contribution is -0.137. The minimum Gasteiger partial charge on any atom is -0.342 e. The van der Waals surface area contributed by atoms with Gasteiger partial charge in [-0.05, 0) is 45.2 Å². The standard InChI is InChI=1S/C11H20N2O.ClH/c14-11(10-4-6-12-7-5-10)13-8-2-1-3-9-13;/h10,12H,1-9H2;1H. The summed E-state index contributed by atoms with van der Waals surface area (Å²) in [7, 11) is 0. The van der Waals surface area contributed by atoms with Gasteiger partial charge in [0, 0.05) is 19.0 Å². The quantitative estimate of drug-likeness (QED) is 0.742. The predicted octanol–water partition coefficient (Wildman–Crippen LogP) is 1.42. The van der Waals surface area contributed by atoms with Crippen LogP contribution in [0.25, 0.3) is 0 Å². The molecule has 2 aliphatic rings. The van der Waals surface area contributed by atoms with Gasteiger partial charge in [0.15, 0.2) is 0 Å². The number of hydrogen-bond acceptors (Lipinski definition) is 2. The summed E-state index contributed by atoms with van der Waals surface area (Å²) in [5.41, 5.74) is 0. The molecule has 2 rings (SSSR count). The van der Waals surface area contributed by atoms with E-state index in [0.717, 1.165) is 39.0 Å². The van der Waals surface area contributed by atoms with Crippen molar-refractivity contribution < 1.29 is 4.79 Å². The van der Waals surface area contributed by atoms with Crippen molar-refractivity contribution in [2.45, 2.75) is 32.1 Å². The minimum atomic E-state index is 0. The number of nitrogens with zero attached hydrogens (tertiary/aromatic N) is 1. The average molecular weight is 233 g/mol. The van der Waals surface area contributed by atoms with Gasteiger partial charge < -0.3 is 10.2 Å². The maximum absolute atomic E-state index is 12.1. The summed E-state index contributed by atoms with van der Waals surface area (Å²) in [6, 6.07) is 0. The predicted molar refractivity (Wildman–Crippen MR) is 63.3 cm³/mol. The molecule has 3 nitrogen and oxygen atoms in total. The topological polar surface area (TPSA) is 32.3 Å². The molecule has 2 aliphatic heterocycles. The summed E-state index contributed by atoms with van der Waals surface area (Å²) in [6.45, 7) is 4.04. The first-order valence-corrected chi connectivity index (χ1v) is 5.87. The highest BCUT2D eigenvalue weighted by atomic mass is 35.5. The van der Waals surface area contributed by atoms with Crippen LogP contribution in [-0.4, -0.2) is 37.0 Å². The molecule has 4 heteroatoms. The number of hydrogen-bond donors (Lipinski definition) is 1. The van der Waals surface area contributed by atoms with Gasteiger partial charge in [0.1, 0.15) is 0 Å². The molecule has 0 bridgehead atoms. The third-order valence-corrected chi connectivity index (χ3v) is 3.36. The number of piperidine rings is 2. The van der Waals surface area contributed by atoms with Gasteiger partial charge in [0.05, 0.1) is 0 Å². The van der Waals surface area contributed by atoms with E-state index < -0.39 is 0 Å². The van der Waals surface area contributed by atoms with Crippen molar-refractivity contribution in [1.82, 2.24) is 10.2 Å². The van der Waals surface area contributed by atoms with E-state index in [4.69, 9.17) is 0 Å². The number of carbonyl (C=O) groups is 1. The van der Waals surface area contributed by atoms with E-state index in [1.54, 1.807) is 0 Å². The van der Waals surface area contributed by atoms with Gasteiger partial charge in [-0.25, -0.2) is 0 Å². The highest BCUT2D eigenvalue weighted by molar-refractivity contribution is 5.85. The fourth-order valence-corrected chi connectivity index (χ4v) is 2.44. The normalized spacial score (nSPS) is 23.3. The van der Waals surface area contributed by atoms with Crippen LogP contribution in [0.4, 0.5) is 0 Å². The molecule has 2 heterocycles. The van der Waals surface area contributed by atoms with Crippen molar-refractivity contribution in [3.05, 3.63) is 0 Å². The van der Waals surface area contributed by atoms with Crippen LogP contribution < -0.4 is 5.32 Å². The Bertz CT molecular complexity index is 179. The van der Waals surface area contributed by atoms with E-state index in [0.29, 0.717) is 11.8 Å². The zero-order chi connectivity index (χ0) is 9.80. The molecule has 1 amide bonds. The molecule has 0 saturated carbocycles. The summed E-state index contributed by atoms with van der Waals surface area (Å²) in [5, 5.41) is 3.30. The Balaban J connectivity index is 0.00000112. The number of nitrogens with one attached hydrogen (secondary N) is 1. The fraction of sp³-hybridized carbons (Fsp3) is 0.909. The lowest BCUT2D eigenvalue weighted by Gasteiger charge is -2.32. The first-order chi connectivity index (χ1) is 6.88. The average Bonchev–Trinajstić information content (AvgIpc) is 2.30. The molecule has 0 unspecified atom stereocenters. The van der Waals surface area contributed by atoms with Crippen molar-refractivity contribution in [3.8, 4) is 0 Å². The molecular formula is C11H21ClN2O. The second kappa shape index (κ2) is 6.33. The van der Waals surface area contributed by atoms with Gasteiger partial charge in [-0.1, -0.05) is 0 Å². The molecular weight excluding hydrogens is 212 g/mol. The molecule has 0 spiro atoms. The SMILES string of the molecule is Cl.O=C(C1CCNCC1)N1CCCCC1. The molecule has 2 fully saturated rings. The Morgan fingerprint density at radius 2 is 1.67 bits per heavy atom. The second-order valence-corrected chi connectivity index (χ2v) is 4.41. The molecule has 0 radical (unpaired) electrons. The van der Waals surface area contributed by atoms with E-state index in [1.807, 2.05) is 0 Å². The summed E-state index contributed by atoms with van der Waals surface area (Å²) < 4.78 is 0. The number of amides is 1. The van der Waals surface area contributed by atoms with Crippen molar-refractivity contribution >= 4 is 18.3 Å². The molecule has 15 heavy (non-hydrogen) atoms. The highest BCUT2D eigenvalue weighted by Crippen LogP contribution is 2.18. The molecule has 88 valence electrons. The Hall–Kier alpha value is -0.280. The molecule has 0 aromatic heterocycles. The van der Waals surface area contributed by atoms with E-state index >= 15 is 0 Å². The number of likely N-dealkylation sites (tertiary alicyclic amines) is 1. The van der Waals surface area contributed by atoms with Crippen LogP contribution in [0.5, 0.6) is 0 Å². The molecule has 0 atom stereocenters. The number of halogens is 1. The van der Waals surface area contributed by atoms with Crippen molar-refractivity contribution in [2.24, 2.45) is 5.92 Å². The van der Waals surface area contributed by atoms with Crippen LogP contribution in [0.2, 0.25) is 0 Å². The molecule has 0 aliphatic carbocycles. The smallest absolute Gasteiger partial charge is 0.225 e. The maximum atomic E-state index is 12.1. The zero-order valence-corrected chi connectivity index (χ0v) is 10.0. The summed E-state index contributed by atoms with van der Waals surface area (Å²) in [6.07, 6.45) is 5.79. The Morgan fingerprint density at radius 1 is 1.07 bits per heavy atom. The fourth-order valence-electron chi connectivity index (χ4n) is 2.44. The van der Waals surface area contributed by atoms with Crippen LogP contribution in [0, 0.1) is 5.92 Å². The van der Waals surface area contributed by atoms with Crippen LogP contribution in [0.3, 0.4) is 0 Å². The van der Waals surface area contributed by atoms with Crippen LogP contribution >= 0.6 is 12.4 Å². The maximum Gasteiger partial charge on any atom is 0.225 e. The number of rotatable bonds is 1. The third-order valence-electron chi connectivity index (χ3n) is 3.36. The van der Waals surface area contributed by atoms with E-state index in [2.05, 4.69) is 10.2 Å². The van der Waals surface area contributed by atoms with Gasteiger partial charge >= 0.3 is 0 Å². The minimum absolute atomic E-state index is 0. The first kappa shape index (κ1) is 12.8. The van der Waals surface area contributed by atoms with Gasteiger partial charge in [0.25, 0.3) is 0 Å². The van der Waals surface area contributed by atoms with Crippen molar-refractivity contribution in [2.75, 3.05) is 26.2 Å². The third kappa shape index (κ3) is 3.35. The molecule has 0 aromatic rings. The van der Waals surface area contributed by atoms with Crippen LogP contribution in [-0.2, 0) is 4.79 Å². The lowest BCUT2D eigenvalue weighted by atomic mass is 9.95. The molecule has 0 aromatic carbocycles. The zero-order valence-electron chi connectivity index (χ0n) is 9.21. The van der Waals surface area contributed by atoms with Crippen molar-refractivity contribution in [1.29, 1.82) is 0 Å². The van der Waals surface area contributed by atoms with E-state index in [-0.39, 0.29) is 12.4 Å². The van der Waals surface area contributed by atoms with Crippen LogP contribution in [0.1, 0.15) is 32.1 Å². The number of carbonyl (C=O) groups excluding carboxylic acids is 1. The largest absolute Gasteiger partial charge is 0.342 e. The second-order valence-electron chi connectivity index (χ2n) is 4.41. The van der Waals surface area contributed by atoms with Gasteiger partial charge in [-0.15, -0.1) is 12.4 Å². The summed E-state index contributed by atoms with van der Waals surface area (Å²) in [4.78, 5) is 14.1. The van der Waals surface area contributed by atoms with Crippen LogP contribution in [0.15, 0.2) is 0 Å². The monoisotopic (exact) mass is 232 g/mol. The van der Waals surface area contributed by atoms with Crippen molar-refractivity contribution in [3.63, 3.8) is 0 Å². The Labute approximate surface area is 98.0 Å². The first-order valence-electron chi connectivity index (χ1n) is 5.87. The van der Waals surface area contributed by atoms with Gasteiger partial charge in [-0.2, -0.15) is 0 Å². The van der Waals surface area contributed by atoms with Gasteiger partial charge in [0.2, 0.25) is 5.91 Å². The molecule has 1 N–H and O–H groups in total. The summed E-state index contributed by atoms with van der Waals surface area (Å²) in [5.74, 6) is 0.737. The highest BCUT2D eigenvalue weighted by Gasteiger charge is 2.26. The lowest BCUT2D eigenvalue weighted by Crippen LogP contribution is -2.43. The van der Waals surface area contributed by atoms with E-state index in [9.17, 15) is 4.79 Å². The Kier molecular flexibility index (Phi) is 5.40. The summed E-state index contributed by atoms with van der Waals surface area (Å²) >= 11 is 0. The molecule has 2 saturated heterocycles. The Morgan fingerprint density at radius 3 is 2.27 bits per heavy atom. The van der Waals surface area contributed by atoms with Gasteiger partial charge in [-0.3, -0.25) is 4.79 Å². The van der Waals surface area contributed by atoms with E-state index in [1.165, 1.54) is 19.3 Å².